The fraction of sp³-hybridized carbons (Fsp3) is 0.161. The molecule has 1 saturated heterocycles. The van der Waals surface area contributed by atoms with Crippen LogP contribution in [0.2, 0.25) is 5.02 Å². The van der Waals surface area contributed by atoms with Gasteiger partial charge in [-0.15, -0.1) is 0 Å². The molecule has 8 heteroatoms. The van der Waals surface area contributed by atoms with Gasteiger partial charge in [0, 0.05) is 32.1 Å². The van der Waals surface area contributed by atoms with Crippen molar-refractivity contribution < 1.29 is 9.53 Å². The van der Waals surface area contributed by atoms with Crippen LogP contribution in [0.5, 0.6) is 5.75 Å². The highest BCUT2D eigenvalue weighted by Gasteiger charge is 2.25. The van der Waals surface area contributed by atoms with Crippen LogP contribution >= 0.6 is 39.3 Å². The SMILES string of the molecule is Cc1cc(N=C2NC(=O)/C(=C/c3cc(C)n(-c4ccc(OCc5ccccc5Cl)cc4)c3C)S2)cc(C)c1Br. The number of thioether (sulfide) groups is 1. The average molecular weight is 621 g/mol. The van der Waals surface area contributed by atoms with E-state index in [1.165, 1.54) is 11.8 Å². The summed E-state index contributed by atoms with van der Waals surface area (Å²) in [7, 11) is 0. The second kappa shape index (κ2) is 11.5. The Morgan fingerprint density at radius 3 is 2.41 bits per heavy atom. The van der Waals surface area contributed by atoms with Gasteiger partial charge in [0.25, 0.3) is 5.91 Å². The van der Waals surface area contributed by atoms with Gasteiger partial charge >= 0.3 is 0 Å². The van der Waals surface area contributed by atoms with Crippen LogP contribution in [0.15, 0.2) is 81.1 Å². The smallest absolute Gasteiger partial charge is 0.264 e. The molecule has 0 aliphatic carbocycles. The van der Waals surface area contributed by atoms with E-state index in [-0.39, 0.29) is 5.91 Å². The van der Waals surface area contributed by atoms with Crippen molar-refractivity contribution in [1.29, 1.82) is 0 Å². The Morgan fingerprint density at radius 2 is 1.72 bits per heavy atom. The summed E-state index contributed by atoms with van der Waals surface area (Å²) in [4.78, 5) is 18.0. The molecule has 1 N–H and O–H groups in total. The molecule has 0 atom stereocenters. The number of hydrogen-bond acceptors (Lipinski definition) is 4. The molecule has 1 amide bonds. The number of nitrogens with zero attached hydrogens (tertiary/aromatic N) is 2. The fourth-order valence-electron chi connectivity index (χ4n) is 4.53. The maximum Gasteiger partial charge on any atom is 0.264 e. The summed E-state index contributed by atoms with van der Waals surface area (Å²) < 4.78 is 9.18. The lowest BCUT2D eigenvalue weighted by Crippen LogP contribution is -2.19. The lowest BCUT2D eigenvalue weighted by Gasteiger charge is -2.12. The Hall–Kier alpha value is -3.26. The van der Waals surface area contributed by atoms with Gasteiger partial charge in [-0.1, -0.05) is 45.7 Å². The number of ether oxygens (including phenoxy) is 1. The normalized spacial score (nSPS) is 15.3. The van der Waals surface area contributed by atoms with Crippen molar-refractivity contribution in [3.05, 3.63) is 115 Å². The van der Waals surface area contributed by atoms with Gasteiger partial charge in [-0.25, -0.2) is 4.99 Å². The van der Waals surface area contributed by atoms with Gasteiger partial charge in [-0.3, -0.25) is 4.79 Å². The third-order valence-electron chi connectivity index (χ3n) is 6.51. The van der Waals surface area contributed by atoms with Crippen molar-refractivity contribution in [1.82, 2.24) is 9.88 Å². The highest BCUT2D eigenvalue weighted by molar-refractivity contribution is 9.10. The van der Waals surface area contributed by atoms with Crippen LogP contribution < -0.4 is 10.1 Å². The number of rotatable bonds is 6. The van der Waals surface area contributed by atoms with Gasteiger partial charge in [0.1, 0.15) is 12.4 Å². The summed E-state index contributed by atoms with van der Waals surface area (Å²) in [5.41, 5.74) is 8.09. The van der Waals surface area contributed by atoms with Gasteiger partial charge in [0.15, 0.2) is 5.17 Å². The van der Waals surface area contributed by atoms with Crippen LogP contribution in [0.1, 0.15) is 33.6 Å². The Morgan fingerprint density at radius 1 is 1.03 bits per heavy atom. The summed E-state index contributed by atoms with van der Waals surface area (Å²) in [6.07, 6.45) is 1.93. The monoisotopic (exact) mass is 619 g/mol. The second-order valence-electron chi connectivity index (χ2n) is 9.41. The topological polar surface area (TPSA) is 55.6 Å². The van der Waals surface area contributed by atoms with Crippen molar-refractivity contribution in [2.24, 2.45) is 4.99 Å². The highest BCUT2D eigenvalue weighted by Crippen LogP contribution is 2.32. The largest absolute Gasteiger partial charge is 0.489 e. The summed E-state index contributed by atoms with van der Waals surface area (Å²) in [6.45, 7) is 8.59. The zero-order valence-electron chi connectivity index (χ0n) is 22.0. The van der Waals surface area contributed by atoms with Crippen LogP contribution in [-0.2, 0) is 11.4 Å². The number of nitrogens with one attached hydrogen (secondary N) is 1. The number of halogens is 2. The van der Waals surface area contributed by atoms with Crippen molar-refractivity contribution in [2.75, 3.05) is 0 Å². The summed E-state index contributed by atoms with van der Waals surface area (Å²) in [5, 5.41) is 4.17. The van der Waals surface area contributed by atoms with Crippen LogP contribution in [-0.4, -0.2) is 15.6 Å². The highest BCUT2D eigenvalue weighted by atomic mass is 79.9. The van der Waals surface area contributed by atoms with Gasteiger partial charge in [-0.2, -0.15) is 0 Å². The number of aliphatic imine (C=N–C) groups is 1. The van der Waals surface area contributed by atoms with E-state index in [2.05, 4.69) is 50.7 Å². The van der Waals surface area contributed by atoms with E-state index in [4.69, 9.17) is 16.3 Å². The summed E-state index contributed by atoms with van der Waals surface area (Å²) in [5.74, 6) is 0.625. The molecule has 39 heavy (non-hydrogen) atoms. The number of benzene rings is 3. The minimum Gasteiger partial charge on any atom is -0.489 e. The third-order valence-corrected chi connectivity index (χ3v) is 9.04. The molecule has 198 valence electrons. The first kappa shape index (κ1) is 27.3. The van der Waals surface area contributed by atoms with E-state index in [0.717, 1.165) is 55.2 Å². The molecule has 5 nitrogen and oxygen atoms in total. The lowest BCUT2D eigenvalue weighted by atomic mass is 10.1. The minimum absolute atomic E-state index is 0.144. The predicted molar refractivity (Wildman–Crippen MR) is 165 cm³/mol. The number of carbonyl (C=O) groups excluding carboxylic acids is 1. The van der Waals surface area contributed by atoms with Gasteiger partial charge < -0.3 is 14.6 Å². The molecule has 2 heterocycles. The molecular formula is C31H27BrClN3O2S. The van der Waals surface area contributed by atoms with Crippen LogP contribution in [0, 0.1) is 27.7 Å². The molecule has 1 aliphatic heterocycles. The molecule has 3 aromatic carbocycles. The van der Waals surface area contributed by atoms with Crippen LogP contribution in [0.4, 0.5) is 5.69 Å². The molecule has 0 radical (unpaired) electrons. The molecule has 0 unspecified atom stereocenters. The molecule has 4 aromatic rings. The fourth-order valence-corrected chi connectivity index (χ4v) is 5.78. The van der Waals surface area contributed by atoms with Crippen molar-refractivity contribution in [3.8, 4) is 11.4 Å². The summed E-state index contributed by atoms with van der Waals surface area (Å²) >= 11 is 11.2. The minimum atomic E-state index is -0.144. The first-order valence-corrected chi connectivity index (χ1v) is 14.4. The van der Waals surface area contributed by atoms with E-state index in [9.17, 15) is 4.79 Å². The Balaban J connectivity index is 1.33. The predicted octanol–water partition coefficient (Wildman–Crippen LogP) is 8.60. The zero-order chi connectivity index (χ0) is 27.7. The molecule has 1 fully saturated rings. The molecule has 1 aliphatic rings. The molecule has 0 saturated carbocycles. The number of carbonyl (C=O) groups is 1. The molecule has 5 rings (SSSR count). The lowest BCUT2D eigenvalue weighted by molar-refractivity contribution is -0.115. The molecular weight excluding hydrogens is 594 g/mol. The van der Waals surface area contributed by atoms with E-state index >= 15 is 0 Å². The van der Waals surface area contributed by atoms with Gasteiger partial charge in [-0.05, 0) is 111 Å². The second-order valence-corrected chi connectivity index (χ2v) is 11.6. The number of aromatic nitrogens is 1. The number of amides is 1. The van der Waals surface area contributed by atoms with E-state index in [1.807, 2.05) is 80.6 Å². The van der Waals surface area contributed by atoms with Crippen molar-refractivity contribution in [3.63, 3.8) is 0 Å². The maximum atomic E-state index is 12.7. The third kappa shape index (κ3) is 6.01. The quantitative estimate of drug-likeness (QED) is 0.220. The number of aryl methyl sites for hydroxylation is 3. The number of amidine groups is 1. The van der Waals surface area contributed by atoms with Gasteiger partial charge in [0.2, 0.25) is 0 Å². The Kier molecular flexibility index (Phi) is 8.03. The average Bonchev–Trinajstić information content (AvgIpc) is 3.39. The van der Waals surface area contributed by atoms with E-state index in [1.54, 1.807) is 0 Å². The summed E-state index contributed by atoms with van der Waals surface area (Å²) in [6, 6.07) is 21.7. The van der Waals surface area contributed by atoms with Crippen LogP contribution in [0.3, 0.4) is 0 Å². The Labute approximate surface area is 246 Å². The molecule has 1 aromatic heterocycles. The maximum absolute atomic E-state index is 12.7. The first-order valence-electron chi connectivity index (χ1n) is 12.4. The van der Waals surface area contributed by atoms with Crippen LogP contribution in [0.25, 0.3) is 11.8 Å². The Bertz CT molecular complexity index is 1620. The zero-order valence-corrected chi connectivity index (χ0v) is 25.2. The molecule has 0 bridgehead atoms. The standard InChI is InChI=1S/C31H27BrClN3O2S/c1-18-13-24(14-19(2)29(18)32)34-31-35-30(37)28(39-31)16-23-15-20(3)36(21(23)4)25-9-11-26(12-10-25)38-17-22-7-5-6-8-27(22)33/h5-16H,17H2,1-4H3,(H,34,35,37)/b28-16-. The number of hydrogen-bond donors (Lipinski definition) is 1. The van der Waals surface area contributed by atoms with Crippen molar-refractivity contribution >= 4 is 62.1 Å². The van der Waals surface area contributed by atoms with E-state index in [0.29, 0.717) is 21.7 Å². The molecule has 0 spiro atoms. The first-order chi connectivity index (χ1) is 18.7. The van der Waals surface area contributed by atoms with Crippen molar-refractivity contribution in [2.45, 2.75) is 34.3 Å². The van der Waals surface area contributed by atoms with Gasteiger partial charge in [0.05, 0.1) is 10.6 Å². The van der Waals surface area contributed by atoms with E-state index < -0.39 is 0 Å².